The molecule has 1 aliphatic rings. The number of amides is 1. The molecule has 0 unspecified atom stereocenters. The number of nitrogens with zero attached hydrogens (tertiary/aromatic N) is 2. The van der Waals surface area contributed by atoms with E-state index in [1.54, 1.807) is 37.2 Å². The molecule has 31 heavy (non-hydrogen) atoms. The van der Waals surface area contributed by atoms with Crippen LogP contribution in [0.2, 0.25) is 0 Å². The monoisotopic (exact) mass is 429 g/mol. The van der Waals surface area contributed by atoms with Crippen molar-refractivity contribution >= 4 is 5.91 Å². The van der Waals surface area contributed by atoms with Crippen molar-refractivity contribution in [2.24, 2.45) is 0 Å². The van der Waals surface area contributed by atoms with Crippen LogP contribution in [0.1, 0.15) is 22.1 Å². The molecule has 1 aliphatic heterocycles. The molecule has 0 spiro atoms. The molecular weight excluding hydrogens is 408 g/mol. The number of likely N-dealkylation sites (N-methyl/N-ethyl adjacent to an activating group) is 1. The molecule has 4 rings (SSSR count). The number of hydrogen-bond acceptors (Lipinski definition) is 6. The molecule has 9 heteroatoms. The zero-order valence-electron chi connectivity index (χ0n) is 17.0. The van der Waals surface area contributed by atoms with Crippen molar-refractivity contribution in [1.82, 2.24) is 15.4 Å². The minimum Gasteiger partial charge on any atom is -0.486 e. The first-order valence-electron chi connectivity index (χ1n) is 9.68. The van der Waals surface area contributed by atoms with Crippen LogP contribution in [0.3, 0.4) is 0 Å². The fourth-order valence-corrected chi connectivity index (χ4v) is 3.34. The van der Waals surface area contributed by atoms with E-state index < -0.39 is 23.6 Å². The van der Waals surface area contributed by atoms with Crippen LogP contribution in [-0.4, -0.2) is 49.8 Å². The minimum absolute atomic E-state index is 0.0852. The van der Waals surface area contributed by atoms with E-state index in [4.69, 9.17) is 14.0 Å². The van der Waals surface area contributed by atoms with Gasteiger partial charge < -0.3 is 24.2 Å². The highest BCUT2D eigenvalue weighted by Crippen LogP contribution is 2.34. The molecular formula is C22H21F2N3O4. The first-order valence-corrected chi connectivity index (χ1v) is 9.68. The predicted molar refractivity (Wildman–Crippen MR) is 108 cm³/mol. The van der Waals surface area contributed by atoms with Crippen molar-refractivity contribution in [3.05, 3.63) is 65.4 Å². The fourth-order valence-electron chi connectivity index (χ4n) is 3.34. The number of ether oxygens (including phenoxy) is 2. The van der Waals surface area contributed by atoms with E-state index in [2.05, 4.69) is 10.5 Å². The number of rotatable bonds is 6. The van der Waals surface area contributed by atoms with Gasteiger partial charge in [-0.2, -0.15) is 0 Å². The van der Waals surface area contributed by atoms with E-state index in [1.807, 2.05) is 0 Å². The predicted octanol–water partition coefficient (Wildman–Crippen LogP) is 3.42. The Labute approximate surface area is 177 Å². The number of nitrogens with one attached hydrogen (secondary N) is 1. The highest BCUT2D eigenvalue weighted by molar-refractivity contribution is 5.93. The number of halogens is 2. The second-order valence-corrected chi connectivity index (χ2v) is 7.29. The lowest BCUT2D eigenvalue weighted by Crippen LogP contribution is -2.35. The SMILES string of the molecule is CN(C)[C@@H](CNC(=O)c1cc(-c2ccc3c(c2)OCCO3)on1)c1ccc(F)cc1F. The third-order valence-electron chi connectivity index (χ3n) is 4.97. The Morgan fingerprint density at radius 2 is 1.87 bits per heavy atom. The molecule has 1 atom stereocenters. The summed E-state index contributed by atoms with van der Waals surface area (Å²) in [6, 6.07) is 9.73. The summed E-state index contributed by atoms with van der Waals surface area (Å²) in [4.78, 5) is 14.3. The molecule has 0 saturated heterocycles. The molecule has 2 heterocycles. The molecule has 0 aliphatic carbocycles. The molecule has 1 amide bonds. The van der Waals surface area contributed by atoms with Crippen LogP contribution in [0.15, 0.2) is 47.0 Å². The number of carbonyl (C=O) groups is 1. The van der Waals surface area contributed by atoms with Gasteiger partial charge in [0.1, 0.15) is 24.8 Å². The molecule has 7 nitrogen and oxygen atoms in total. The van der Waals surface area contributed by atoms with E-state index in [9.17, 15) is 13.6 Å². The Kier molecular flexibility index (Phi) is 5.85. The minimum atomic E-state index is -0.671. The van der Waals surface area contributed by atoms with Gasteiger partial charge in [-0.15, -0.1) is 0 Å². The molecule has 0 radical (unpaired) electrons. The van der Waals surface area contributed by atoms with Crippen LogP contribution in [0.25, 0.3) is 11.3 Å². The first-order chi connectivity index (χ1) is 14.9. The third kappa shape index (κ3) is 4.51. The Bertz CT molecular complexity index is 1100. The van der Waals surface area contributed by atoms with E-state index in [1.165, 1.54) is 18.2 Å². The quantitative estimate of drug-likeness (QED) is 0.647. The lowest BCUT2D eigenvalue weighted by atomic mass is 10.0. The lowest BCUT2D eigenvalue weighted by Gasteiger charge is -2.25. The molecule has 162 valence electrons. The highest BCUT2D eigenvalue weighted by atomic mass is 19.1. The van der Waals surface area contributed by atoms with Gasteiger partial charge in [0.05, 0.1) is 6.04 Å². The number of hydrogen-bond donors (Lipinski definition) is 1. The van der Waals surface area contributed by atoms with Gasteiger partial charge in [-0.05, 0) is 38.4 Å². The van der Waals surface area contributed by atoms with Crippen LogP contribution >= 0.6 is 0 Å². The maximum atomic E-state index is 14.2. The average Bonchev–Trinajstić information content (AvgIpc) is 3.25. The van der Waals surface area contributed by atoms with Crippen LogP contribution in [-0.2, 0) is 0 Å². The van der Waals surface area contributed by atoms with Gasteiger partial charge in [0, 0.05) is 29.8 Å². The van der Waals surface area contributed by atoms with Crippen LogP contribution in [0, 0.1) is 11.6 Å². The summed E-state index contributed by atoms with van der Waals surface area (Å²) in [5.74, 6) is -0.151. The summed E-state index contributed by atoms with van der Waals surface area (Å²) in [5, 5.41) is 6.56. The number of carbonyl (C=O) groups excluding carboxylic acids is 1. The highest BCUT2D eigenvalue weighted by Gasteiger charge is 2.22. The van der Waals surface area contributed by atoms with Gasteiger partial charge in [-0.25, -0.2) is 8.78 Å². The van der Waals surface area contributed by atoms with Crippen molar-refractivity contribution in [2.45, 2.75) is 6.04 Å². The van der Waals surface area contributed by atoms with Gasteiger partial charge in [-0.1, -0.05) is 11.2 Å². The maximum absolute atomic E-state index is 14.2. The number of aromatic nitrogens is 1. The fraction of sp³-hybridized carbons (Fsp3) is 0.273. The molecule has 1 N–H and O–H groups in total. The molecule has 0 fully saturated rings. The first kappa shape index (κ1) is 20.8. The van der Waals surface area contributed by atoms with Crippen LogP contribution in [0.4, 0.5) is 8.78 Å². The molecule has 0 saturated carbocycles. The second kappa shape index (κ2) is 8.73. The van der Waals surface area contributed by atoms with Gasteiger partial charge >= 0.3 is 0 Å². The zero-order valence-corrected chi connectivity index (χ0v) is 17.0. The van der Waals surface area contributed by atoms with Gasteiger partial charge in [0.25, 0.3) is 5.91 Å². The van der Waals surface area contributed by atoms with Crippen LogP contribution < -0.4 is 14.8 Å². The number of fused-ring (bicyclic) bond motifs is 1. The molecule has 3 aromatic rings. The number of benzene rings is 2. The average molecular weight is 429 g/mol. The third-order valence-corrected chi connectivity index (χ3v) is 4.97. The summed E-state index contributed by atoms with van der Waals surface area (Å²) in [7, 11) is 3.49. The van der Waals surface area contributed by atoms with E-state index in [-0.39, 0.29) is 17.8 Å². The second-order valence-electron chi connectivity index (χ2n) is 7.29. The normalized spacial score (nSPS) is 13.8. The van der Waals surface area contributed by atoms with Crippen molar-refractivity contribution in [3.8, 4) is 22.8 Å². The molecule has 2 aromatic carbocycles. The largest absolute Gasteiger partial charge is 0.486 e. The Morgan fingerprint density at radius 3 is 2.61 bits per heavy atom. The van der Waals surface area contributed by atoms with Crippen molar-refractivity contribution in [3.63, 3.8) is 0 Å². The van der Waals surface area contributed by atoms with Gasteiger partial charge in [0.15, 0.2) is 23.0 Å². The summed E-state index contributed by atoms with van der Waals surface area (Å²) >= 11 is 0. The van der Waals surface area contributed by atoms with Crippen LogP contribution in [0.5, 0.6) is 11.5 Å². The zero-order chi connectivity index (χ0) is 22.0. The molecule has 1 aromatic heterocycles. The maximum Gasteiger partial charge on any atom is 0.273 e. The smallest absolute Gasteiger partial charge is 0.273 e. The van der Waals surface area contributed by atoms with E-state index >= 15 is 0 Å². The lowest BCUT2D eigenvalue weighted by molar-refractivity contribution is 0.0932. The van der Waals surface area contributed by atoms with Crippen molar-refractivity contribution in [2.75, 3.05) is 33.9 Å². The summed E-state index contributed by atoms with van der Waals surface area (Å²) in [5.41, 5.74) is 1.06. The summed E-state index contributed by atoms with van der Waals surface area (Å²) in [6.07, 6.45) is 0. The standard InChI is InChI=1S/C22H21F2N3O4/c1-27(2)18(15-5-4-14(23)10-16(15)24)12-25-22(28)17-11-20(31-26-17)13-3-6-19-21(9-13)30-8-7-29-19/h3-6,9-11,18H,7-8,12H2,1-2H3,(H,25,28)/t18-/m0/s1. The van der Waals surface area contributed by atoms with Crippen molar-refractivity contribution < 1.29 is 27.6 Å². The topological polar surface area (TPSA) is 76.8 Å². The van der Waals surface area contributed by atoms with Gasteiger partial charge in [0.2, 0.25) is 0 Å². The summed E-state index contributed by atoms with van der Waals surface area (Å²) in [6.45, 7) is 1.05. The Balaban J connectivity index is 1.46. The van der Waals surface area contributed by atoms with Gasteiger partial charge in [-0.3, -0.25) is 4.79 Å². The Morgan fingerprint density at radius 1 is 1.10 bits per heavy atom. The van der Waals surface area contributed by atoms with E-state index in [0.717, 1.165) is 6.07 Å². The van der Waals surface area contributed by atoms with Crippen molar-refractivity contribution in [1.29, 1.82) is 0 Å². The van der Waals surface area contributed by atoms with E-state index in [0.29, 0.717) is 36.0 Å². The molecule has 0 bridgehead atoms. The Hall–Kier alpha value is -3.46. The summed E-state index contributed by atoms with van der Waals surface area (Å²) < 4.78 is 43.8.